The van der Waals surface area contributed by atoms with Gasteiger partial charge in [0.2, 0.25) is 0 Å². The molecule has 0 aliphatic heterocycles. The molecular formula is C22H24O3. The van der Waals surface area contributed by atoms with Gasteiger partial charge in [0.05, 0.1) is 14.2 Å². The van der Waals surface area contributed by atoms with Crippen molar-refractivity contribution in [2.75, 3.05) is 14.2 Å². The van der Waals surface area contributed by atoms with Gasteiger partial charge >= 0.3 is 0 Å². The molecule has 0 saturated heterocycles. The summed E-state index contributed by atoms with van der Waals surface area (Å²) < 4.78 is 10.5. The predicted molar refractivity (Wildman–Crippen MR) is 104 cm³/mol. The zero-order valence-electron chi connectivity index (χ0n) is 15.4. The Kier molecular flexibility index (Phi) is 6.18. The van der Waals surface area contributed by atoms with Gasteiger partial charge in [-0.2, -0.15) is 0 Å². The van der Waals surface area contributed by atoms with E-state index in [-0.39, 0.29) is 0 Å². The van der Waals surface area contributed by atoms with Crippen LogP contribution in [0.5, 0.6) is 11.5 Å². The van der Waals surface area contributed by atoms with Crippen molar-refractivity contribution in [1.82, 2.24) is 0 Å². The number of hydrogen-bond donors (Lipinski definition) is 0. The van der Waals surface area contributed by atoms with E-state index in [1.165, 1.54) is 0 Å². The van der Waals surface area contributed by atoms with E-state index in [0.29, 0.717) is 5.56 Å². The van der Waals surface area contributed by atoms with Crippen molar-refractivity contribution in [3.63, 3.8) is 0 Å². The molecule has 25 heavy (non-hydrogen) atoms. The van der Waals surface area contributed by atoms with Crippen LogP contribution in [-0.2, 0) is 0 Å². The van der Waals surface area contributed by atoms with E-state index >= 15 is 0 Å². The molecule has 0 atom stereocenters. The van der Waals surface area contributed by atoms with Gasteiger partial charge in [0, 0.05) is 5.56 Å². The summed E-state index contributed by atoms with van der Waals surface area (Å²) in [6.45, 7) is 6.04. The van der Waals surface area contributed by atoms with E-state index in [1.54, 1.807) is 14.2 Å². The van der Waals surface area contributed by atoms with Gasteiger partial charge in [0.1, 0.15) is 11.5 Å². The highest BCUT2D eigenvalue weighted by molar-refractivity contribution is 6.01. The first-order valence-electron chi connectivity index (χ1n) is 8.38. The summed E-state index contributed by atoms with van der Waals surface area (Å²) in [6, 6.07) is 15.7. The number of carbonyl (C=O) groups is 1. The second-order valence-electron chi connectivity index (χ2n) is 5.45. The number of carbonyl (C=O) groups excluding carboxylic acids is 1. The lowest BCUT2D eigenvalue weighted by Crippen LogP contribution is -1.91. The minimum atomic E-state index is 0.659. The predicted octanol–water partition coefficient (Wildman–Crippen LogP) is 5.67. The van der Waals surface area contributed by atoms with Crippen molar-refractivity contribution in [1.29, 1.82) is 0 Å². The Morgan fingerprint density at radius 1 is 0.840 bits per heavy atom. The highest BCUT2D eigenvalue weighted by atomic mass is 16.5. The lowest BCUT2D eigenvalue weighted by atomic mass is 9.94. The molecule has 3 heteroatoms. The van der Waals surface area contributed by atoms with Gasteiger partial charge < -0.3 is 9.47 Å². The summed E-state index contributed by atoms with van der Waals surface area (Å²) >= 11 is 0. The number of ether oxygens (including phenoxy) is 2. The highest BCUT2D eigenvalue weighted by Gasteiger charge is 2.09. The molecule has 3 aromatic carbocycles. The fourth-order valence-electron chi connectivity index (χ4n) is 2.83. The topological polar surface area (TPSA) is 35.5 Å². The Bertz CT molecular complexity index is 882. The molecule has 0 radical (unpaired) electrons. The van der Waals surface area contributed by atoms with Crippen LogP contribution in [0.1, 0.15) is 29.8 Å². The number of benzene rings is 3. The van der Waals surface area contributed by atoms with Gasteiger partial charge in [-0.3, -0.25) is 4.79 Å². The maximum atomic E-state index is 11.5. The molecule has 0 heterocycles. The summed E-state index contributed by atoms with van der Waals surface area (Å²) in [5, 5.41) is 1.91. The molecule has 0 aliphatic carbocycles. The quantitative estimate of drug-likeness (QED) is 0.576. The van der Waals surface area contributed by atoms with E-state index < -0.39 is 0 Å². The zero-order chi connectivity index (χ0) is 18.4. The van der Waals surface area contributed by atoms with Crippen LogP contribution in [0.2, 0.25) is 0 Å². The van der Waals surface area contributed by atoms with Crippen molar-refractivity contribution in [3.05, 3.63) is 59.7 Å². The highest BCUT2D eigenvalue weighted by Crippen LogP contribution is 2.32. The number of methoxy groups -OCH3 is 2. The van der Waals surface area contributed by atoms with Crippen LogP contribution in [0.25, 0.3) is 21.9 Å². The Hall–Kier alpha value is -2.81. The summed E-state index contributed by atoms with van der Waals surface area (Å²) in [4.78, 5) is 11.5. The molecule has 0 N–H and O–H groups in total. The van der Waals surface area contributed by atoms with Crippen LogP contribution in [-0.4, -0.2) is 20.5 Å². The van der Waals surface area contributed by atoms with E-state index in [9.17, 15) is 4.79 Å². The first-order valence-corrected chi connectivity index (χ1v) is 8.38. The first-order chi connectivity index (χ1) is 12.2. The normalized spacial score (nSPS) is 9.96. The average Bonchev–Trinajstić information content (AvgIpc) is 2.68. The van der Waals surface area contributed by atoms with Gasteiger partial charge in [-0.05, 0) is 70.8 Å². The van der Waals surface area contributed by atoms with E-state index in [1.807, 2.05) is 63.2 Å². The standard InChI is InChI=1S/C20H18O3.C2H6/c1-13-8-17(22-2)6-7-19(13)15-9-14-4-5-18(23-3)11-20(14)16(10-15)12-21;1-2/h4-12H,1-3H3;1-2H3. The number of fused-ring (bicyclic) bond motifs is 1. The number of rotatable bonds is 4. The third-order valence-electron chi connectivity index (χ3n) is 4.07. The molecule has 0 aliphatic rings. The smallest absolute Gasteiger partial charge is 0.150 e. The summed E-state index contributed by atoms with van der Waals surface area (Å²) in [5.74, 6) is 1.57. The van der Waals surface area contributed by atoms with Crippen LogP contribution in [0.4, 0.5) is 0 Å². The minimum Gasteiger partial charge on any atom is -0.497 e. The van der Waals surface area contributed by atoms with Gasteiger partial charge in [0.15, 0.2) is 6.29 Å². The third kappa shape index (κ3) is 3.82. The SMILES string of the molecule is CC.COc1ccc(-c2cc(C=O)c3cc(OC)ccc3c2)c(C)c1. The van der Waals surface area contributed by atoms with Crippen LogP contribution < -0.4 is 9.47 Å². The van der Waals surface area contributed by atoms with Crippen molar-refractivity contribution in [2.45, 2.75) is 20.8 Å². The summed E-state index contributed by atoms with van der Waals surface area (Å²) in [7, 11) is 3.28. The summed E-state index contributed by atoms with van der Waals surface area (Å²) in [6.07, 6.45) is 0.893. The molecule has 3 aromatic rings. The molecule has 0 aromatic heterocycles. The van der Waals surface area contributed by atoms with Gasteiger partial charge in [-0.1, -0.05) is 26.0 Å². The number of aryl methyl sites for hydroxylation is 1. The van der Waals surface area contributed by atoms with Crippen molar-refractivity contribution < 1.29 is 14.3 Å². The van der Waals surface area contributed by atoms with Gasteiger partial charge in [-0.15, -0.1) is 0 Å². The maximum absolute atomic E-state index is 11.5. The summed E-state index contributed by atoms with van der Waals surface area (Å²) in [5.41, 5.74) is 3.87. The van der Waals surface area contributed by atoms with Crippen molar-refractivity contribution >= 4 is 17.1 Å². The largest absolute Gasteiger partial charge is 0.497 e. The van der Waals surface area contributed by atoms with Crippen LogP contribution >= 0.6 is 0 Å². The number of aldehydes is 1. The first kappa shape index (κ1) is 18.5. The fourth-order valence-corrected chi connectivity index (χ4v) is 2.83. The minimum absolute atomic E-state index is 0.659. The molecule has 0 fully saturated rings. The second kappa shape index (κ2) is 8.34. The molecule has 0 bridgehead atoms. The molecule has 3 nitrogen and oxygen atoms in total. The Labute approximate surface area is 149 Å². The number of hydrogen-bond acceptors (Lipinski definition) is 3. The fraction of sp³-hybridized carbons (Fsp3) is 0.227. The van der Waals surface area contributed by atoms with Crippen molar-refractivity contribution in [3.8, 4) is 22.6 Å². The maximum Gasteiger partial charge on any atom is 0.150 e. The Morgan fingerprint density at radius 3 is 2.08 bits per heavy atom. The van der Waals surface area contributed by atoms with E-state index in [0.717, 1.165) is 45.2 Å². The third-order valence-corrected chi connectivity index (χ3v) is 4.07. The molecule has 0 amide bonds. The van der Waals surface area contributed by atoms with E-state index in [4.69, 9.17) is 9.47 Å². The lowest BCUT2D eigenvalue weighted by Gasteiger charge is -2.11. The average molecular weight is 336 g/mol. The molecule has 0 unspecified atom stereocenters. The molecular weight excluding hydrogens is 312 g/mol. The van der Waals surface area contributed by atoms with Crippen LogP contribution in [0, 0.1) is 6.92 Å². The second-order valence-corrected chi connectivity index (χ2v) is 5.45. The van der Waals surface area contributed by atoms with Crippen LogP contribution in [0.15, 0.2) is 48.5 Å². The Morgan fingerprint density at radius 2 is 1.48 bits per heavy atom. The lowest BCUT2D eigenvalue weighted by molar-refractivity contribution is 0.112. The molecule has 0 saturated carbocycles. The van der Waals surface area contributed by atoms with Crippen LogP contribution in [0.3, 0.4) is 0 Å². The zero-order valence-corrected chi connectivity index (χ0v) is 15.4. The Balaban J connectivity index is 0.00000109. The monoisotopic (exact) mass is 336 g/mol. The molecule has 0 spiro atoms. The van der Waals surface area contributed by atoms with E-state index in [2.05, 4.69) is 6.07 Å². The van der Waals surface area contributed by atoms with Gasteiger partial charge in [-0.25, -0.2) is 0 Å². The molecule has 3 rings (SSSR count). The van der Waals surface area contributed by atoms with Crippen molar-refractivity contribution in [2.24, 2.45) is 0 Å². The van der Waals surface area contributed by atoms with Gasteiger partial charge in [0.25, 0.3) is 0 Å². The molecule has 130 valence electrons.